The second-order valence-corrected chi connectivity index (χ2v) is 8.11. The molecule has 6 nitrogen and oxygen atoms in total. The van der Waals surface area contributed by atoms with E-state index in [2.05, 4.69) is 45.5 Å². The third kappa shape index (κ3) is 6.82. The van der Waals surface area contributed by atoms with Gasteiger partial charge in [0.05, 0.1) is 0 Å². The van der Waals surface area contributed by atoms with Crippen LogP contribution in [0.1, 0.15) is 51.7 Å². The molecule has 0 heterocycles. The molecule has 2 amide bonds. The molecule has 0 unspecified atom stereocenters. The average molecular weight is 399 g/mol. The van der Waals surface area contributed by atoms with Gasteiger partial charge in [0, 0.05) is 0 Å². The third-order valence-electron chi connectivity index (χ3n) is 4.29. The summed E-state index contributed by atoms with van der Waals surface area (Å²) in [6.45, 7) is 9.94. The first-order valence-electron chi connectivity index (χ1n) is 9.70. The van der Waals surface area contributed by atoms with E-state index >= 15 is 0 Å². The van der Waals surface area contributed by atoms with E-state index in [1.165, 1.54) is 0 Å². The first-order chi connectivity index (χ1) is 13.7. The van der Waals surface area contributed by atoms with Gasteiger partial charge in [0.25, 0.3) is 11.8 Å². The molecule has 2 N–H and O–H groups in total. The summed E-state index contributed by atoms with van der Waals surface area (Å²) in [6, 6.07) is 15.2. The molecular weight excluding hydrogens is 368 g/mol. The molecule has 0 saturated heterocycles. The fourth-order valence-corrected chi connectivity index (χ4v) is 2.80. The number of hydrogen-bond acceptors (Lipinski definition) is 4. The van der Waals surface area contributed by atoms with E-state index in [0.29, 0.717) is 11.5 Å². The van der Waals surface area contributed by atoms with E-state index < -0.39 is 11.8 Å². The average Bonchev–Trinajstić information content (AvgIpc) is 2.68. The van der Waals surface area contributed by atoms with Gasteiger partial charge in [-0.1, -0.05) is 71.0 Å². The Kier molecular flexibility index (Phi) is 7.65. The Hall–Kier alpha value is -3.02. The summed E-state index contributed by atoms with van der Waals surface area (Å²) in [4.78, 5) is 24.0. The van der Waals surface area contributed by atoms with Crippen LogP contribution in [0.5, 0.6) is 11.5 Å². The lowest BCUT2D eigenvalue weighted by Gasteiger charge is -2.22. The number of carbonyl (C=O) groups is 2. The molecule has 29 heavy (non-hydrogen) atoms. The molecule has 0 bridgehead atoms. The van der Waals surface area contributed by atoms with Gasteiger partial charge in [-0.25, -0.2) is 0 Å². The normalized spacial score (nSPS) is 11.1. The molecular formula is C23H30N2O4. The summed E-state index contributed by atoms with van der Waals surface area (Å²) >= 11 is 0. The monoisotopic (exact) mass is 398 g/mol. The van der Waals surface area contributed by atoms with Crippen molar-refractivity contribution in [3.05, 3.63) is 59.7 Å². The molecule has 0 atom stereocenters. The van der Waals surface area contributed by atoms with Crippen LogP contribution < -0.4 is 20.3 Å². The molecule has 0 saturated carbocycles. The number of para-hydroxylation sites is 2. The Balaban J connectivity index is 1.79. The molecule has 2 aromatic rings. The molecule has 0 aliphatic carbocycles. The van der Waals surface area contributed by atoms with Crippen LogP contribution in [-0.4, -0.2) is 25.0 Å². The van der Waals surface area contributed by atoms with Gasteiger partial charge < -0.3 is 9.47 Å². The van der Waals surface area contributed by atoms with E-state index in [-0.39, 0.29) is 24.5 Å². The molecule has 0 spiro atoms. The Morgan fingerprint density at radius 2 is 1.31 bits per heavy atom. The van der Waals surface area contributed by atoms with Crippen molar-refractivity contribution in [2.75, 3.05) is 13.2 Å². The lowest BCUT2D eigenvalue weighted by atomic mass is 9.86. The van der Waals surface area contributed by atoms with Crippen molar-refractivity contribution in [1.29, 1.82) is 0 Å². The summed E-state index contributed by atoms with van der Waals surface area (Å²) in [5.74, 6) is 0.680. The number of hydrogen-bond donors (Lipinski definition) is 2. The number of hydrazine groups is 1. The van der Waals surface area contributed by atoms with E-state index in [9.17, 15) is 9.59 Å². The number of benzene rings is 2. The topological polar surface area (TPSA) is 76.7 Å². The minimum absolute atomic E-state index is 0.106. The maximum atomic E-state index is 12.0. The number of nitrogens with one attached hydrogen (secondary N) is 2. The van der Waals surface area contributed by atoms with Gasteiger partial charge in [-0.15, -0.1) is 0 Å². The van der Waals surface area contributed by atoms with Crippen molar-refractivity contribution in [2.45, 2.75) is 46.0 Å². The van der Waals surface area contributed by atoms with Crippen molar-refractivity contribution in [2.24, 2.45) is 0 Å². The van der Waals surface area contributed by atoms with Crippen molar-refractivity contribution >= 4 is 11.8 Å². The molecule has 2 rings (SSSR count). The van der Waals surface area contributed by atoms with Gasteiger partial charge in [0.2, 0.25) is 0 Å². The highest BCUT2D eigenvalue weighted by Gasteiger charge is 2.19. The highest BCUT2D eigenvalue weighted by molar-refractivity contribution is 5.83. The zero-order valence-corrected chi connectivity index (χ0v) is 17.7. The van der Waals surface area contributed by atoms with Crippen LogP contribution in [0.25, 0.3) is 0 Å². The summed E-state index contributed by atoms with van der Waals surface area (Å²) in [5, 5.41) is 0. The van der Waals surface area contributed by atoms with Crippen molar-refractivity contribution in [3.63, 3.8) is 0 Å². The van der Waals surface area contributed by atoms with E-state index in [1.54, 1.807) is 0 Å². The summed E-state index contributed by atoms with van der Waals surface area (Å²) in [7, 11) is 0. The highest BCUT2D eigenvalue weighted by atomic mass is 16.5. The van der Waals surface area contributed by atoms with E-state index in [0.717, 1.165) is 11.1 Å². The third-order valence-corrected chi connectivity index (χ3v) is 4.29. The summed E-state index contributed by atoms with van der Waals surface area (Å²) < 4.78 is 11.2. The van der Waals surface area contributed by atoms with Crippen LogP contribution in [0.4, 0.5) is 0 Å². The van der Waals surface area contributed by atoms with Gasteiger partial charge in [-0.2, -0.15) is 0 Å². The zero-order valence-electron chi connectivity index (χ0n) is 17.7. The van der Waals surface area contributed by atoms with Gasteiger partial charge >= 0.3 is 0 Å². The maximum Gasteiger partial charge on any atom is 0.276 e. The molecule has 0 aromatic heterocycles. The molecule has 0 aliphatic heterocycles. The minimum Gasteiger partial charge on any atom is -0.483 e. The SMILES string of the molecule is CC(C)c1ccccc1OCC(=O)NNC(=O)COc1ccccc1C(C)(C)C. The Morgan fingerprint density at radius 3 is 1.86 bits per heavy atom. The minimum atomic E-state index is -0.454. The van der Waals surface area contributed by atoms with E-state index in [4.69, 9.17) is 9.47 Å². The van der Waals surface area contributed by atoms with Crippen LogP contribution in [-0.2, 0) is 15.0 Å². The predicted molar refractivity (Wildman–Crippen MR) is 113 cm³/mol. The Labute approximate surface area is 172 Å². The first kappa shape index (κ1) is 22.3. The Bertz CT molecular complexity index is 841. The first-order valence-corrected chi connectivity index (χ1v) is 9.70. The largest absolute Gasteiger partial charge is 0.483 e. The lowest BCUT2D eigenvalue weighted by Crippen LogP contribution is -2.45. The fraction of sp³-hybridized carbons (Fsp3) is 0.391. The van der Waals surface area contributed by atoms with Gasteiger partial charge in [0.15, 0.2) is 13.2 Å². The number of carbonyl (C=O) groups excluding carboxylic acids is 2. The second kappa shape index (κ2) is 9.96. The van der Waals surface area contributed by atoms with Crippen LogP contribution in [0.3, 0.4) is 0 Å². The van der Waals surface area contributed by atoms with Gasteiger partial charge in [0.1, 0.15) is 11.5 Å². The highest BCUT2D eigenvalue weighted by Crippen LogP contribution is 2.30. The van der Waals surface area contributed by atoms with Crippen molar-refractivity contribution in [1.82, 2.24) is 10.9 Å². The van der Waals surface area contributed by atoms with Crippen molar-refractivity contribution in [3.8, 4) is 11.5 Å². The Morgan fingerprint density at radius 1 is 0.828 bits per heavy atom. The summed E-state index contributed by atoms with van der Waals surface area (Å²) in [5.41, 5.74) is 6.61. The van der Waals surface area contributed by atoms with Gasteiger partial charge in [-0.05, 0) is 34.6 Å². The van der Waals surface area contributed by atoms with Crippen LogP contribution in [0.15, 0.2) is 48.5 Å². The van der Waals surface area contributed by atoms with Crippen LogP contribution in [0.2, 0.25) is 0 Å². The lowest BCUT2D eigenvalue weighted by molar-refractivity contribution is -0.131. The molecule has 0 aliphatic rings. The number of amides is 2. The van der Waals surface area contributed by atoms with Crippen molar-refractivity contribution < 1.29 is 19.1 Å². The maximum absolute atomic E-state index is 12.0. The number of rotatable bonds is 7. The molecule has 6 heteroatoms. The standard InChI is InChI=1S/C23H30N2O4/c1-16(2)17-10-6-8-12-19(17)28-14-21(26)24-25-22(27)15-29-20-13-9-7-11-18(20)23(3,4)5/h6-13,16H,14-15H2,1-5H3,(H,24,26)(H,25,27). The molecule has 0 radical (unpaired) electrons. The number of ether oxygens (including phenoxy) is 2. The molecule has 156 valence electrons. The quantitative estimate of drug-likeness (QED) is 0.697. The fourth-order valence-electron chi connectivity index (χ4n) is 2.80. The molecule has 2 aromatic carbocycles. The zero-order chi connectivity index (χ0) is 21.4. The van der Waals surface area contributed by atoms with Crippen LogP contribution >= 0.6 is 0 Å². The smallest absolute Gasteiger partial charge is 0.276 e. The van der Waals surface area contributed by atoms with Gasteiger partial charge in [-0.3, -0.25) is 20.4 Å². The second-order valence-electron chi connectivity index (χ2n) is 8.11. The van der Waals surface area contributed by atoms with Crippen LogP contribution in [0, 0.1) is 0 Å². The predicted octanol–water partition coefficient (Wildman–Crippen LogP) is 3.71. The molecule has 0 fully saturated rings. The van der Waals surface area contributed by atoms with E-state index in [1.807, 2.05) is 48.5 Å². The summed E-state index contributed by atoms with van der Waals surface area (Å²) in [6.07, 6.45) is 0.